The van der Waals surface area contributed by atoms with E-state index >= 15 is 0 Å². The molecule has 0 aliphatic carbocycles. The molecule has 0 aliphatic rings. The van der Waals surface area contributed by atoms with Gasteiger partial charge in [-0.1, -0.05) is 60.7 Å². The molecule has 0 radical (unpaired) electrons. The first-order valence-electron chi connectivity index (χ1n) is 7.80. The Morgan fingerprint density at radius 2 is 1.46 bits per heavy atom. The van der Waals surface area contributed by atoms with Crippen LogP contribution in [0.1, 0.15) is 10.4 Å². The summed E-state index contributed by atoms with van der Waals surface area (Å²) < 4.78 is 0. The third-order valence-corrected chi connectivity index (χ3v) is 4.20. The van der Waals surface area contributed by atoms with E-state index in [1.54, 1.807) is 6.07 Å². The minimum Gasteiger partial charge on any atom is -0.366 e. The van der Waals surface area contributed by atoms with Gasteiger partial charge in [0.15, 0.2) is 0 Å². The Balaban J connectivity index is 1.84. The number of nitrogens with one attached hydrogen (secondary N) is 1. The second-order valence-electron chi connectivity index (χ2n) is 5.76. The van der Waals surface area contributed by atoms with E-state index in [1.165, 1.54) is 5.56 Å². The van der Waals surface area contributed by atoms with Crippen LogP contribution in [0.15, 0.2) is 78.9 Å². The maximum atomic E-state index is 11.6. The van der Waals surface area contributed by atoms with Crippen LogP contribution in [-0.4, -0.2) is 10.9 Å². The Morgan fingerprint density at radius 1 is 0.750 bits per heavy atom. The van der Waals surface area contributed by atoms with E-state index in [4.69, 9.17) is 5.73 Å². The first-order chi connectivity index (χ1) is 11.7. The summed E-state index contributed by atoms with van der Waals surface area (Å²) in [7, 11) is 0. The lowest BCUT2D eigenvalue weighted by Crippen LogP contribution is -2.11. The summed E-state index contributed by atoms with van der Waals surface area (Å²) in [6.45, 7) is 0. The molecular formula is C21H16N2O. The van der Waals surface area contributed by atoms with Gasteiger partial charge < -0.3 is 10.7 Å². The zero-order valence-corrected chi connectivity index (χ0v) is 13.0. The molecule has 3 N–H and O–H groups in total. The normalized spacial score (nSPS) is 10.8. The molecule has 0 spiro atoms. The van der Waals surface area contributed by atoms with E-state index in [1.807, 2.05) is 42.5 Å². The summed E-state index contributed by atoms with van der Waals surface area (Å²) in [5, 5.41) is 0.978. The van der Waals surface area contributed by atoms with Crippen LogP contribution < -0.4 is 5.73 Å². The number of fused-ring (bicyclic) bond motifs is 1. The second-order valence-corrected chi connectivity index (χ2v) is 5.76. The maximum absolute atomic E-state index is 11.6. The summed E-state index contributed by atoms with van der Waals surface area (Å²) in [5.41, 5.74) is 11.1. The number of amides is 1. The summed E-state index contributed by atoms with van der Waals surface area (Å²) in [4.78, 5) is 14.9. The number of carbonyl (C=O) groups is 1. The lowest BCUT2D eigenvalue weighted by molar-refractivity contribution is 0.100. The van der Waals surface area contributed by atoms with Crippen molar-refractivity contribution in [2.45, 2.75) is 0 Å². The molecule has 0 saturated heterocycles. The third kappa shape index (κ3) is 2.46. The van der Waals surface area contributed by atoms with Gasteiger partial charge in [0.05, 0.1) is 11.1 Å². The molecule has 3 aromatic carbocycles. The van der Waals surface area contributed by atoms with Crippen molar-refractivity contribution >= 4 is 16.8 Å². The fourth-order valence-electron chi connectivity index (χ4n) is 3.01. The minimum absolute atomic E-state index is 0.424. The van der Waals surface area contributed by atoms with E-state index < -0.39 is 5.91 Å². The smallest absolute Gasteiger partial charge is 0.250 e. The number of nitrogens with two attached hydrogens (primary N) is 1. The summed E-state index contributed by atoms with van der Waals surface area (Å²) in [6.07, 6.45) is 0. The molecule has 0 atom stereocenters. The van der Waals surface area contributed by atoms with Crippen LogP contribution >= 0.6 is 0 Å². The monoisotopic (exact) mass is 312 g/mol. The number of hydrogen-bond donors (Lipinski definition) is 2. The van der Waals surface area contributed by atoms with Crippen molar-refractivity contribution < 1.29 is 4.79 Å². The molecule has 24 heavy (non-hydrogen) atoms. The highest BCUT2D eigenvalue weighted by Gasteiger charge is 2.10. The highest BCUT2D eigenvalue weighted by Crippen LogP contribution is 2.29. The standard InChI is InChI=1S/C21H16N2O/c22-21(24)18-11-5-10-17-13-19(23-20(17)18)16-9-4-8-15(12-16)14-6-2-1-3-7-14/h1-13,23H,(H2,22,24). The number of para-hydroxylation sites is 1. The van der Waals surface area contributed by atoms with Gasteiger partial charge in [-0.15, -0.1) is 0 Å². The molecule has 1 aromatic heterocycles. The highest BCUT2D eigenvalue weighted by atomic mass is 16.1. The number of benzene rings is 3. The Morgan fingerprint density at radius 3 is 2.25 bits per heavy atom. The van der Waals surface area contributed by atoms with Gasteiger partial charge in [0.2, 0.25) is 0 Å². The van der Waals surface area contributed by atoms with Crippen molar-refractivity contribution in [3.8, 4) is 22.4 Å². The first kappa shape index (κ1) is 14.3. The molecule has 0 fully saturated rings. The Hall–Kier alpha value is -3.33. The van der Waals surface area contributed by atoms with Crippen LogP contribution in [-0.2, 0) is 0 Å². The average Bonchev–Trinajstić information content (AvgIpc) is 3.06. The van der Waals surface area contributed by atoms with Gasteiger partial charge in [-0.3, -0.25) is 4.79 Å². The lowest BCUT2D eigenvalue weighted by atomic mass is 10.0. The molecular weight excluding hydrogens is 296 g/mol. The molecule has 116 valence electrons. The molecule has 1 heterocycles. The zero-order chi connectivity index (χ0) is 16.5. The Kier molecular flexibility index (Phi) is 3.39. The molecule has 3 heteroatoms. The van der Waals surface area contributed by atoms with Gasteiger partial charge in [-0.2, -0.15) is 0 Å². The Bertz CT molecular complexity index is 1030. The van der Waals surface area contributed by atoms with Gasteiger partial charge in [0, 0.05) is 11.1 Å². The van der Waals surface area contributed by atoms with Crippen LogP contribution in [0, 0.1) is 0 Å². The lowest BCUT2D eigenvalue weighted by Gasteiger charge is -2.04. The van der Waals surface area contributed by atoms with Crippen molar-refractivity contribution in [2.24, 2.45) is 5.73 Å². The SMILES string of the molecule is NC(=O)c1cccc2cc(-c3cccc(-c4ccccc4)c3)[nH]c12. The largest absolute Gasteiger partial charge is 0.366 e. The minimum atomic E-state index is -0.424. The van der Waals surface area contributed by atoms with E-state index in [0.29, 0.717) is 5.56 Å². The summed E-state index contributed by atoms with van der Waals surface area (Å²) in [5.74, 6) is -0.424. The van der Waals surface area contributed by atoms with Crippen LogP contribution in [0.4, 0.5) is 0 Å². The van der Waals surface area contributed by atoms with Crippen LogP contribution in [0.25, 0.3) is 33.3 Å². The molecule has 0 saturated carbocycles. The van der Waals surface area contributed by atoms with E-state index in [0.717, 1.165) is 27.7 Å². The first-order valence-corrected chi connectivity index (χ1v) is 7.80. The third-order valence-electron chi connectivity index (χ3n) is 4.20. The molecule has 3 nitrogen and oxygen atoms in total. The van der Waals surface area contributed by atoms with Crippen LogP contribution in [0.2, 0.25) is 0 Å². The summed E-state index contributed by atoms with van der Waals surface area (Å²) in [6, 6.07) is 26.2. The average molecular weight is 312 g/mol. The van der Waals surface area contributed by atoms with E-state index in [-0.39, 0.29) is 0 Å². The van der Waals surface area contributed by atoms with Gasteiger partial charge in [0.25, 0.3) is 5.91 Å². The van der Waals surface area contributed by atoms with Crippen molar-refractivity contribution in [1.82, 2.24) is 4.98 Å². The Labute approximate surface area is 139 Å². The molecule has 1 amide bonds. The fourth-order valence-corrected chi connectivity index (χ4v) is 3.01. The predicted molar refractivity (Wildman–Crippen MR) is 97.7 cm³/mol. The highest BCUT2D eigenvalue weighted by molar-refractivity contribution is 6.06. The van der Waals surface area contributed by atoms with Crippen molar-refractivity contribution in [3.05, 3.63) is 84.4 Å². The maximum Gasteiger partial charge on any atom is 0.250 e. The number of aromatic nitrogens is 1. The van der Waals surface area contributed by atoms with E-state index in [9.17, 15) is 4.79 Å². The zero-order valence-electron chi connectivity index (χ0n) is 13.0. The topological polar surface area (TPSA) is 58.9 Å². The summed E-state index contributed by atoms with van der Waals surface area (Å²) >= 11 is 0. The number of primary amides is 1. The molecule has 4 rings (SSSR count). The fraction of sp³-hybridized carbons (Fsp3) is 0. The number of rotatable bonds is 3. The van der Waals surface area contributed by atoms with Crippen LogP contribution in [0.3, 0.4) is 0 Å². The van der Waals surface area contributed by atoms with Crippen molar-refractivity contribution in [3.63, 3.8) is 0 Å². The number of aromatic amines is 1. The molecule has 0 aliphatic heterocycles. The second kappa shape index (κ2) is 5.70. The number of hydrogen-bond acceptors (Lipinski definition) is 1. The van der Waals surface area contributed by atoms with Gasteiger partial charge in [-0.05, 0) is 34.9 Å². The van der Waals surface area contributed by atoms with Crippen molar-refractivity contribution in [2.75, 3.05) is 0 Å². The molecule has 0 bridgehead atoms. The molecule has 0 unspecified atom stereocenters. The number of H-pyrrole nitrogens is 1. The van der Waals surface area contributed by atoms with Gasteiger partial charge >= 0.3 is 0 Å². The van der Waals surface area contributed by atoms with Gasteiger partial charge in [0.1, 0.15) is 0 Å². The quantitative estimate of drug-likeness (QED) is 0.570. The van der Waals surface area contributed by atoms with Crippen molar-refractivity contribution in [1.29, 1.82) is 0 Å². The van der Waals surface area contributed by atoms with Crippen LogP contribution in [0.5, 0.6) is 0 Å². The van der Waals surface area contributed by atoms with Gasteiger partial charge in [-0.25, -0.2) is 0 Å². The molecule has 4 aromatic rings. The number of carbonyl (C=O) groups excluding carboxylic acids is 1. The van der Waals surface area contributed by atoms with E-state index in [2.05, 4.69) is 35.3 Å². The predicted octanol–water partition coefficient (Wildman–Crippen LogP) is 4.60.